The summed E-state index contributed by atoms with van der Waals surface area (Å²) in [6, 6.07) is 13.4. The molecule has 0 unspecified atom stereocenters. The Balaban J connectivity index is 1.40. The van der Waals surface area contributed by atoms with E-state index in [1.807, 2.05) is 30.3 Å². The van der Waals surface area contributed by atoms with E-state index in [-0.39, 0.29) is 24.2 Å². The minimum absolute atomic E-state index is 0.0205. The molecule has 0 radical (unpaired) electrons. The smallest absolute Gasteiger partial charge is 0.223 e. The molecule has 1 aliphatic heterocycles. The molecular formula is C22H24F2N2O2. The van der Waals surface area contributed by atoms with Crippen LogP contribution in [0, 0.1) is 17.6 Å². The summed E-state index contributed by atoms with van der Waals surface area (Å²) < 4.78 is 26.2. The molecule has 1 fully saturated rings. The van der Waals surface area contributed by atoms with Crippen molar-refractivity contribution in [2.75, 3.05) is 13.1 Å². The second-order valence-corrected chi connectivity index (χ2v) is 7.11. The minimum Gasteiger partial charge on any atom is -0.352 e. The maximum Gasteiger partial charge on any atom is 0.223 e. The van der Waals surface area contributed by atoms with Gasteiger partial charge < -0.3 is 10.2 Å². The van der Waals surface area contributed by atoms with Crippen LogP contribution >= 0.6 is 0 Å². The molecule has 1 N–H and O–H groups in total. The highest BCUT2D eigenvalue weighted by molar-refractivity contribution is 5.80. The van der Waals surface area contributed by atoms with Crippen molar-refractivity contribution < 1.29 is 18.4 Å². The molecule has 0 spiro atoms. The summed E-state index contributed by atoms with van der Waals surface area (Å²) in [5.74, 6) is -1.86. The Hall–Kier alpha value is -2.76. The average molecular weight is 386 g/mol. The Bertz CT molecular complexity index is 819. The first-order chi connectivity index (χ1) is 13.5. The Kier molecular flexibility index (Phi) is 6.74. The van der Waals surface area contributed by atoms with Crippen molar-refractivity contribution in [3.05, 3.63) is 71.3 Å². The van der Waals surface area contributed by atoms with E-state index in [4.69, 9.17) is 0 Å². The normalized spacial score (nSPS) is 14.7. The van der Waals surface area contributed by atoms with Crippen LogP contribution in [0.15, 0.2) is 48.5 Å². The number of hydrogen-bond donors (Lipinski definition) is 1. The zero-order chi connectivity index (χ0) is 19.9. The van der Waals surface area contributed by atoms with Crippen LogP contribution in [-0.4, -0.2) is 29.8 Å². The largest absolute Gasteiger partial charge is 0.352 e. The fourth-order valence-corrected chi connectivity index (χ4v) is 3.42. The topological polar surface area (TPSA) is 49.4 Å². The van der Waals surface area contributed by atoms with Gasteiger partial charge in [0, 0.05) is 32.0 Å². The highest BCUT2D eigenvalue weighted by atomic mass is 19.2. The first-order valence-corrected chi connectivity index (χ1v) is 9.56. The first kappa shape index (κ1) is 20.0. The van der Waals surface area contributed by atoms with Crippen LogP contribution in [0.4, 0.5) is 8.78 Å². The van der Waals surface area contributed by atoms with E-state index in [0.717, 1.165) is 17.7 Å². The molecule has 1 heterocycles. The number of carbonyl (C=O) groups excluding carboxylic acids is 2. The Morgan fingerprint density at radius 1 is 0.964 bits per heavy atom. The summed E-state index contributed by atoms with van der Waals surface area (Å²) in [5.41, 5.74) is 1.66. The Morgan fingerprint density at radius 3 is 2.36 bits per heavy atom. The van der Waals surface area contributed by atoms with Gasteiger partial charge in [-0.15, -0.1) is 0 Å². The van der Waals surface area contributed by atoms with Crippen molar-refractivity contribution in [1.82, 2.24) is 10.2 Å². The fraction of sp³-hybridized carbons (Fsp3) is 0.364. The monoisotopic (exact) mass is 386 g/mol. The zero-order valence-electron chi connectivity index (χ0n) is 15.7. The molecule has 2 aromatic carbocycles. The van der Waals surface area contributed by atoms with E-state index >= 15 is 0 Å². The third-order valence-electron chi connectivity index (χ3n) is 5.14. The van der Waals surface area contributed by atoms with Crippen molar-refractivity contribution >= 4 is 11.8 Å². The Morgan fingerprint density at radius 2 is 1.68 bits per heavy atom. The van der Waals surface area contributed by atoms with Gasteiger partial charge in [-0.1, -0.05) is 36.4 Å². The second kappa shape index (κ2) is 9.44. The van der Waals surface area contributed by atoms with Crippen LogP contribution in [-0.2, 0) is 22.6 Å². The predicted octanol–water partition coefficient (Wildman–Crippen LogP) is 3.45. The van der Waals surface area contributed by atoms with Crippen molar-refractivity contribution in [2.45, 2.75) is 32.2 Å². The second-order valence-electron chi connectivity index (χ2n) is 7.11. The van der Waals surface area contributed by atoms with Gasteiger partial charge in [-0.3, -0.25) is 9.59 Å². The van der Waals surface area contributed by atoms with Crippen molar-refractivity contribution in [3.63, 3.8) is 0 Å². The van der Waals surface area contributed by atoms with Gasteiger partial charge in [-0.05, 0) is 42.5 Å². The molecule has 0 saturated carbocycles. The molecule has 6 heteroatoms. The number of nitrogens with one attached hydrogen (secondary N) is 1. The van der Waals surface area contributed by atoms with Gasteiger partial charge in [-0.25, -0.2) is 8.78 Å². The summed E-state index contributed by atoms with van der Waals surface area (Å²) in [7, 11) is 0. The number of nitrogens with zero attached hydrogens (tertiary/aromatic N) is 1. The van der Waals surface area contributed by atoms with Crippen molar-refractivity contribution in [3.8, 4) is 0 Å². The van der Waals surface area contributed by atoms with Crippen molar-refractivity contribution in [1.29, 1.82) is 0 Å². The SMILES string of the molecule is O=C(NCc1ccccc1)C1CCN(C(=O)CCc2ccc(F)c(F)c2)CC1. The third-order valence-corrected chi connectivity index (χ3v) is 5.14. The maximum absolute atomic E-state index is 13.2. The summed E-state index contributed by atoms with van der Waals surface area (Å²) in [6.07, 6.45) is 1.89. The highest BCUT2D eigenvalue weighted by Gasteiger charge is 2.27. The molecule has 0 bridgehead atoms. The predicted molar refractivity (Wildman–Crippen MR) is 102 cm³/mol. The number of piperidine rings is 1. The van der Waals surface area contributed by atoms with E-state index in [2.05, 4.69) is 5.32 Å². The number of hydrogen-bond acceptors (Lipinski definition) is 2. The number of likely N-dealkylation sites (tertiary alicyclic amines) is 1. The van der Waals surface area contributed by atoms with Gasteiger partial charge in [0.2, 0.25) is 11.8 Å². The van der Waals surface area contributed by atoms with Gasteiger partial charge in [-0.2, -0.15) is 0 Å². The highest BCUT2D eigenvalue weighted by Crippen LogP contribution is 2.19. The molecule has 0 aromatic heterocycles. The van der Waals surface area contributed by atoms with E-state index in [1.165, 1.54) is 6.07 Å². The van der Waals surface area contributed by atoms with Gasteiger partial charge in [0.05, 0.1) is 0 Å². The number of carbonyl (C=O) groups is 2. The molecule has 3 rings (SSSR count). The van der Waals surface area contributed by atoms with Crippen LogP contribution < -0.4 is 5.32 Å². The standard InChI is InChI=1S/C22H24F2N2O2/c23-19-8-6-16(14-20(19)24)7-9-21(27)26-12-10-18(11-13-26)22(28)25-15-17-4-2-1-3-5-17/h1-6,8,14,18H,7,9-13,15H2,(H,25,28). The first-order valence-electron chi connectivity index (χ1n) is 9.56. The molecule has 0 atom stereocenters. The van der Waals surface area contributed by atoms with E-state index in [9.17, 15) is 18.4 Å². The van der Waals surface area contributed by atoms with Crippen molar-refractivity contribution in [2.24, 2.45) is 5.92 Å². The van der Waals surface area contributed by atoms with Crippen LogP contribution in [0.3, 0.4) is 0 Å². The van der Waals surface area contributed by atoms with E-state index in [1.54, 1.807) is 4.90 Å². The lowest BCUT2D eigenvalue weighted by Crippen LogP contribution is -2.43. The third kappa shape index (κ3) is 5.38. The lowest BCUT2D eigenvalue weighted by atomic mass is 9.95. The van der Waals surface area contributed by atoms with Gasteiger partial charge in [0.15, 0.2) is 11.6 Å². The molecule has 0 aliphatic carbocycles. The summed E-state index contributed by atoms with van der Waals surface area (Å²) in [6.45, 7) is 1.59. The molecule has 4 nitrogen and oxygen atoms in total. The average Bonchev–Trinajstić information content (AvgIpc) is 2.73. The molecule has 1 aliphatic rings. The molecule has 1 saturated heterocycles. The summed E-state index contributed by atoms with van der Waals surface area (Å²) in [4.78, 5) is 26.5. The maximum atomic E-state index is 13.2. The quantitative estimate of drug-likeness (QED) is 0.827. The summed E-state index contributed by atoms with van der Waals surface area (Å²) in [5, 5.41) is 2.96. The fourth-order valence-electron chi connectivity index (χ4n) is 3.42. The van der Waals surface area contributed by atoms with Crippen LogP contribution in [0.2, 0.25) is 0 Å². The lowest BCUT2D eigenvalue weighted by molar-refractivity contribution is -0.135. The number of halogens is 2. The number of amides is 2. The molecule has 148 valence electrons. The van der Waals surface area contributed by atoms with E-state index < -0.39 is 11.6 Å². The van der Waals surface area contributed by atoms with Crippen LogP contribution in [0.25, 0.3) is 0 Å². The van der Waals surface area contributed by atoms with Crippen LogP contribution in [0.5, 0.6) is 0 Å². The van der Waals surface area contributed by atoms with Gasteiger partial charge >= 0.3 is 0 Å². The number of aryl methyl sites for hydroxylation is 1. The van der Waals surface area contributed by atoms with E-state index in [0.29, 0.717) is 44.5 Å². The van der Waals surface area contributed by atoms with Crippen LogP contribution in [0.1, 0.15) is 30.4 Å². The number of benzene rings is 2. The number of rotatable bonds is 6. The molecule has 2 aromatic rings. The molecular weight excluding hydrogens is 362 g/mol. The minimum atomic E-state index is -0.896. The zero-order valence-corrected chi connectivity index (χ0v) is 15.7. The lowest BCUT2D eigenvalue weighted by Gasteiger charge is -2.31. The molecule has 28 heavy (non-hydrogen) atoms. The van der Waals surface area contributed by atoms with Gasteiger partial charge in [0.25, 0.3) is 0 Å². The Labute approximate surface area is 163 Å². The van der Waals surface area contributed by atoms with Gasteiger partial charge in [0.1, 0.15) is 0 Å². The summed E-state index contributed by atoms with van der Waals surface area (Å²) >= 11 is 0. The molecule has 2 amide bonds.